The van der Waals surface area contributed by atoms with Gasteiger partial charge in [0.25, 0.3) is 0 Å². The number of rotatable bonds is 8. The molecule has 1 aromatic carbocycles. The van der Waals surface area contributed by atoms with Crippen molar-refractivity contribution in [3.8, 4) is 22.8 Å². The molecule has 4 aromatic heterocycles. The Morgan fingerprint density at radius 3 is 2.89 bits per heavy atom. The molecular formula is C27H27N9O. The van der Waals surface area contributed by atoms with Crippen LogP contribution in [0.3, 0.4) is 0 Å². The van der Waals surface area contributed by atoms with Crippen LogP contribution in [0.2, 0.25) is 0 Å². The molecule has 0 aliphatic rings. The summed E-state index contributed by atoms with van der Waals surface area (Å²) >= 11 is 0. The number of carbonyl (C=O) groups is 1. The van der Waals surface area contributed by atoms with Gasteiger partial charge in [-0.05, 0) is 44.3 Å². The topological polar surface area (TPSA) is 128 Å². The van der Waals surface area contributed by atoms with Gasteiger partial charge in [0.15, 0.2) is 5.82 Å². The minimum atomic E-state index is -0.0386. The van der Waals surface area contributed by atoms with Crippen molar-refractivity contribution in [3.05, 3.63) is 60.8 Å². The van der Waals surface area contributed by atoms with Gasteiger partial charge in [-0.1, -0.05) is 13.0 Å². The first-order chi connectivity index (χ1) is 18.0. The number of aliphatic imine (C=N–C) groups is 1. The fraction of sp³-hybridized carbons (Fsp3) is 0.185. The van der Waals surface area contributed by atoms with Gasteiger partial charge in [0.05, 0.1) is 46.2 Å². The Labute approximate surface area is 213 Å². The maximum atomic E-state index is 12.0. The number of anilines is 2. The zero-order valence-corrected chi connectivity index (χ0v) is 20.9. The van der Waals surface area contributed by atoms with E-state index in [0.29, 0.717) is 29.3 Å². The largest absolute Gasteiger partial charge is 0.347 e. The molecule has 0 fully saturated rings. The molecule has 0 saturated heterocycles. The van der Waals surface area contributed by atoms with Crippen LogP contribution in [0.4, 0.5) is 11.4 Å². The smallest absolute Gasteiger partial charge is 0.224 e. The highest BCUT2D eigenvalue weighted by Gasteiger charge is 2.17. The van der Waals surface area contributed by atoms with Crippen LogP contribution < -0.4 is 10.2 Å². The van der Waals surface area contributed by atoms with Crippen LogP contribution in [0, 0.1) is 0 Å². The Morgan fingerprint density at radius 1 is 1.22 bits per heavy atom. The molecule has 0 aliphatic heterocycles. The number of benzene rings is 1. The van der Waals surface area contributed by atoms with E-state index < -0.39 is 0 Å². The minimum Gasteiger partial charge on any atom is -0.347 e. The predicted octanol–water partition coefficient (Wildman–Crippen LogP) is 5.30. The first-order valence-electron chi connectivity index (χ1n) is 11.9. The number of aromatic nitrogens is 6. The Morgan fingerprint density at radius 2 is 2.08 bits per heavy atom. The van der Waals surface area contributed by atoms with E-state index in [1.165, 1.54) is 0 Å². The van der Waals surface area contributed by atoms with Gasteiger partial charge in [0, 0.05) is 36.8 Å². The Kier molecular flexibility index (Phi) is 6.46. The molecule has 0 atom stereocenters. The van der Waals surface area contributed by atoms with Crippen molar-refractivity contribution in [1.82, 2.24) is 30.1 Å². The minimum absolute atomic E-state index is 0.0386. The number of hydrogen-bond acceptors (Lipinski definition) is 7. The van der Waals surface area contributed by atoms with E-state index in [9.17, 15) is 4.79 Å². The molecule has 0 aliphatic carbocycles. The number of H-pyrrole nitrogens is 2. The summed E-state index contributed by atoms with van der Waals surface area (Å²) in [6.45, 7) is 7.45. The van der Waals surface area contributed by atoms with E-state index in [-0.39, 0.29) is 5.91 Å². The number of imidazole rings is 1. The Balaban J connectivity index is 1.53. The molecule has 186 valence electrons. The van der Waals surface area contributed by atoms with E-state index in [1.807, 2.05) is 62.3 Å². The molecule has 0 unspecified atom stereocenters. The third-order valence-electron chi connectivity index (χ3n) is 5.97. The second-order valence-electron chi connectivity index (χ2n) is 8.75. The van der Waals surface area contributed by atoms with E-state index >= 15 is 0 Å². The molecule has 3 N–H and O–H groups in total. The molecule has 5 aromatic rings. The number of carbonyl (C=O) groups excluding carboxylic acids is 1. The quantitative estimate of drug-likeness (QED) is 0.252. The molecule has 0 bridgehead atoms. The lowest BCUT2D eigenvalue weighted by molar-refractivity contribution is -0.116. The number of pyridine rings is 2. The third-order valence-corrected chi connectivity index (χ3v) is 5.97. The van der Waals surface area contributed by atoms with E-state index in [0.717, 1.165) is 45.3 Å². The number of allylic oxidation sites excluding steroid dienone is 1. The maximum Gasteiger partial charge on any atom is 0.224 e. The van der Waals surface area contributed by atoms with Gasteiger partial charge in [0.1, 0.15) is 11.2 Å². The highest BCUT2D eigenvalue weighted by molar-refractivity contribution is 5.97. The molecule has 4 heterocycles. The monoisotopic (exact) mass is 493 g/mol. The van der Waals surface area contributed by atoms with Gasteiger partial charge in [-0.15, -0.1) is 0 Å². The van der Waals surface area contributed by atoms with Crippen molar-refractivity contribution in [1.29, 1.82) is 0 Å². The Bertz CT molecular complexity index is 1650. The number of nitrogens with zero attached hydrogens (tertiary/aromatic N) is 6. The highest BCUT2D eigenvalue weighted by Crippen LogP contribution is 2.32. The summed E-state index contributed by atoms with van der Waals surface area (Å²) in [4.78, 5) is 35.1. The summed E-state index contributed by atoms with van der Waals surface area (Å²) in [5.41, 5.74) is 7.04. The molecule has 5 rings (SSSR count). The average molecular weight is 494 g/mol. The first kappa shape index (κ1) is 23.9. The lowest BCUT2D eigenvalue weighted by atomic mass is 10.1. The zero-order chi connectivity index (χ0) is 25.9. The highest BCUT2D eigenvalue weighted by atomic mass is 16.1. The van der Waals surface area contributed by atoms with Gasteiger partial charge >= 0.3 is 0 Å². The summed E-state index contributed by atoms with van der Waals surface area (Å²) in [6, 6.07) is 9.78. The number of para-hydroxylation sites is 1. The molecule has 10 nitrogen and oxygen atoms in total. The number of fused-ring (bicyclic) bond motifs is 2. The van der Waals surface area contributed by atoms with Crippen molar-refractivity contribution in [2.45, 2.75) is 26.7 Å². The van der Waals surface area contributed by atoms with Crippen LogP contribution in [0.15, 0.2) is 65.8 Å². The summed E-state index contributed by atoms with van der Waals surface area (Å²) in [6.07, 6.45) is 8.24. The van der Waals surface area contributed by atoms with Gasteiger partial charge in [-0.2, -0.15) is 5.10 Å². The molecular weight excluding hydrogens is 466 g/mol. The second kappa shape index (κ2) is 10.0. The maximum absolute atomic E-state index is 12.0. The van der Waals surface area contributed by atoms with E-state index in [2.05, 4.69) is 42.2 Å². The standard InChI is InChI=1S/C27H27N9O/c1-5-7-24(37)31-18-10-17(12-29-13-18)21-11-19-22(14-30-21)34-35-25(19)27-32-20-8-6-9-23(26(20)33-27)36(4)15-16(2)28-3/h6,8-15H,3,5,7H2,1-2,4H3,(H,31,37)(H,32,33)(H,34,35)/b16-15-. The van der Waals surface area contributed by atoms with E-state index in [4.69, 9.17) is 4.98 Å². The summed E-state index contributed by atoms with van der Waals surface area (Å²) in [5.74, 6) is 0.601. The fourth-order valence-corrected chi connectivity index (χ4v) is 4.16. The van der Waals surface area contributed by atoms with Crippen LogP contribution in [0.1, 0.15) is 26.7 Å². The van der Waals surface area contributed by atoms with Crippen molar-refractivity contribution in [2.24, 2.45) is 4.99 Å². The zero-order valence-electron chi connectivity index (χ0n) is 20.9. The van der Waals surface area contributed by atoms with E-state index in [1.54, 1.807) is 18.6 Å². The molecule has 0 spiro atoms. The van der Waals surface area contributed by atoms with Gasteiger partial charge in [0.2, 0.25) is 5.91 Å². The van der Waals surface area contributed by atoms with Crippen LogP contribution in [-0.2, 0) is 4.79 Å². The number of amides is 1. The molecule has 10 heteroatoms. The van der Waals surface area contributed by atoms with Gasteiger partial charge < -0.3 is 15.2 Å². The van der Waals surface area contributed by atoms with Crippen LogP contribution in [0.5, 0.6) is 0 Å². The summed E-state index contributed by atoms with van der Waals surface area (Å²) in [5, 5.41) is 11.3. The predicted molar refractivity (Wildman–Crippen MR) is 147 cm³/mol. The SMILES string of the molecule is C=N/C(C)=C\N(C)c1cccc2[nH]c(-c3n[nH]c4cnc(-c5cncc(NC(=O)CCC)c5)cc34)nc12. The number of hydrogen-bond donors (Lipinski definition) is 3. The van der Waals surface area contributed by atoms with Gasteiger partial charge in [-0.3, -0.25) is 24.9 Å². The van der Waals surface area contributed by atoms with Crippen LogP contribution in [0.25, 0.3) is 44.7 Å². The van der Waals surface area contributed by atoms with Crippen LogP contribution in [-0.4, -0.2) is 49.8 Å². The fourth-order valence-electron chi connectivity index (χ4n) is 4.16. The van der Waals surface area contributed by atoms with Crippen molar-refractivity contribution >= 4 is 45.9 Å². The van der Waals surface area contributed by atoms with Crippen LogP contribution >= 0.6 is 0 Å². The normalized spacial score (nSPS) is 11.7. The Hall–Kier alpha value is -4.86. The molecule has 37 heavy (non-hydrogen) atoms. The lowest BCUT2D eigenvalue weighted by Gasteiger charge is -2.15. The molecule has 0 radical (unpaired) electrons. The molecule has 1 amide bonds. The van der Waals surface area contributed by atoms with Gasteiger partial charge in [-0.25, -0.2) is 4.98 Å². The van der Waals surface area contributed by atoms with Crippen molar-refractivity contribution < 1.29 is 4.79 Å². The first-order valence-corrected chi connectivity index (χ1v) is 11.9. The average Bonchev–Trinajstić information content (AvgIpc) is 3.52. The summed E-state index contributed by atoms with van der Waals surface area (Å²) < 4.78 is 0. The summed E-state index contributed by atoms with van der Waals surface area (Å²) in [7, 11) is 1.95. The van der Waals surface area contributed by atoms with Crippen molar-refractivity contribution in [2.75, 3.05) is 17.3 Å². The molecule has 0 saturated carbocycles. The third kappa shape index (κ3) is 4.81. The number of nitrogens with one attached hydrogen (secondary N) is 3. The van der Waals surface area contributed by atoms with Crippen molar-refractivity contribution in [3.63, 3.8) is 0 Å². The second-order valence-corrected chi connectivity index (χ2v) is 8.75. The number of aromatic amines is 2. The lowest BCUT2D eigenvalue weighted by Crippen LogP contribution is -2.10.